The van der Waals surface area contributed by atoms with Crippen LogP contribution in [0, 0.1) is 0 Å². The van der Waals surface area contributed by atoms with Crippen molar-refractivity contribution in [3.8, 4) is 0 Å². The fraction of sp³-hybridized carbons (Fsp3) is 0.250. The lowest BCUT2D eigenvalue weighted by Crippen LogP contribution is -2.35. The molecule has 0 aliphatic heterocycles. The molecule has 0 aliphatic rings. The first-order valence-corrected chi connectivity index (χ1v) is 1.97. The summed E-state index contributed by atoms with van der Waals surface area (Å²) < 4.78 is 33.3. The van der Waals surface area contributed by atoms with E-state index in [0.717, 1.165) is 0 Å². The molecule has 0 spiro atoms. The zero-order valence-electron chi connectivity index (χ0n) is 4.33. The normalized spacial score (nSPS) is 10.6. The quantitative estimate of drug-likeness (QED) is 0.422. The van der Waals surface area contributed by atoms with Gasteiger partial charge in [-0.1, -0.05) is 6.58 Å². The fourth-order valence-corrected chi connectivity index (χ4v) is 0.191. The fourth-order valence-electron chi connectivity index (χ4n) is 0.191. The Hall–Kier alpha value is -1.00. The molecule has 0 aromatic rings. The molecule has 2 nitrogen and oxygen atoms in total. The van der Waals surface area contributed by atoms with Crippen molar-refractivity contribution < 1.29 is 18.0 Å². The molecule has 0 radical (unpaired) electrons. The van der Waals surface area contributed by atoms with Crippen LogP contribution in [0.3, 0.4) is 0 Å². The molecular formula is C4H4F3NO. The third kappa shape index (κ3) is 4.86. The number of carbonyl (C=O) groups is 1. The summed E-state index contributed by atoms with van der Waals surface area (Å²) in [4.78, 5) is 9.88. The minimum Gasteiger partial charge on any atom is -0.270 e. The number of rotatable bonds is 1. The van der Waals surface area contributed by atoms with Crippen LogP contribution in [0.25, 0.3) is 0 Å². The molecule has 1 N–H and O–H groups in total. The Balaban J connectivity index is 3.74. The van der Waals surface area contributed by atoms with Crippen molar-refractivity contribution in [2.24, 2.45) is 0 Å². The van der Waals surface area contributed by atoms with E-state index in [0.29, 0.717) is 11.4 Å². The number of nitrogens with one attached hydrogen (secondary N) is 1. The van der Waals surface area contributed by atoms with E-state index in [9.17, 15) is 18.0 Å². The zero-order chi connectivity index (χ0) is 7.49. The Morgan fingerprint density at radius 2 is 2.00 bits per heavy atom. The van der Waals surface area contributed by atoms with Crippen LogP contribution in [0.4, 0.5) is 13.2 Å². The van der Waals surface area contributed by atoms with Gasteiger partial charge in [-0.2, -0.15) is 13.2 Å². The first kappa shape index (κ1) is 8.00. The van der Waals surface area contributed by atoms with Crippen LogP contribution < -0.4 is 5.32 Å². The lowest BCUT2D eigenvalue weighted by Gasteiger charge is -2.03. The third-order valence-electron chi connectivity index (χ3n) is 0.450. The van der Waals surface area contributed by atoms with Crippen LogP contribution in [0.15, 0.2) is 12.7 Å². The summed E-state index contributed by atoms with van der Waals surface area (Å²) in [6.45, 7) is 2.83. The summed E-state index contributed by atoms with van der Waals surface area (Å²) in [5.41, 5.74) is 0. The molecule has 1 amide bonds. The van der Waals surface area contributed by atoms with Gasteiger partial charge in [0, 0.05) is 0 Å². The molecular weight excluding hydrogens is 135 g/mol. The Morgan fingerprint density at radius 1 is 1.56 bits per heavy atom. The van der Waals surface area contributed by atoms with E-state index >= 15 is 0 Å². The van der Waals surface area contributed by atoms with Crippen LogP contribution >= 0.6 is 0 Å². The van der Waals surface area contributed by atoms with Gasteiger partial charge in [0.1, 0.15) is 0 Å². The van der Waals surface area contributed by atoms with Gasteiger partial charge in [-0.05, 0) is 6.08 Å². The minimum atomic E-state index is -4.65. The smallest absolute Gasteiger partial charge is 0.270 e. The first-order valence-electron chi connectivity index (χ1n) is 1.97. The second-order valence-electron chi connectivity index (χ2n) is 1.19. The molecule has 52 valence electrons. The van der Waals surface area contributed by atoms with Crippen molar-refractivity contribution in [1.29, 1.82) is 0 Å². The SMILES string of the molecule is C=CC(=O)NC(F)(F)F. The van der Waals surface area contributed by atoms with Crippen LogP contribution in [-0.4, -0.2) is 12.2 Å². The zero-order valence-corrected chi connectivity index (χ0v) is 4.33. The largest absolute Gasteiger partial charge is 0.484 e. The van der Waals surface area contributed by atoms with Crippen LogP contribution in [-0.2, 0) is 4.79 Å². The number of amides is 1. The lowest BCUT2D eigenvalue weighted by molar-refractivity contribution is -0.166. The summed E-state index contributed by atoms with van der Waals surface area (Å²) >= 11 is 0. The summed E-state index contributed by atoms with van der Waals surface area (Å²) in [6.07, 6.45) is -4.10. The van der Waals surface area contributed by atoms with Gasteiger partial charge in [0.15, 0.2) is 0 Å². The van der Waals surface area contributed by atoms with Crippen molar-refractivity contribution in [3.63, 3.8) is 0 Å². The highest BCUT2D eigenvalue weighted by Crippen LogP contribution is 2.08. The average Bonchev–Trinajstić information content (AvgIpc) is 1.62. The Morgan fingerprint density at radius 3 is 2.11 bits per heavy atom. The standard InChI is InChI=1S/C4H4F3NO/c1-2-3(9)8-4(5,6)7/h2H,1H2,(H,8,9). The van der Waals surface area contributed by atoms with Crippen LogP contribution in [0.2, 0.25) is 0 Å². The molecule has 0 atom stereocenters. The van der Waals surface area contributed by atoms with E-state index in [1.165, 1.54) is 0 Å². The molecule has 0 aromatic heterocycles. The van der Waals surface area contributed by atoms with Crippen molar-refractivity contribution in [3.05, 3.63) is 12.7 Å². The second kappa shape index (κ2) is 2.52. The summed E-state index contributed by atoms with van der Waals surface area (Å²) in [5, 5.41) is 0.712. The van der Waals surface area contributed by atoms with E-state index in [1.54, 1.807) is 0 Å². The highest BCUT2D eigenvalue weighted by atomic mass is 19.4. The van der Waals surface area contributed by atoms with E-state index in [-0.39, 0.29) is 0 Å². The number of hydrogen-bond donors (Lipinski definition) is 1. The van der Waals surface area contributed by atoms with Crippen LogP contribution in [0.1, 0.15) is 0 Å². The van der Waals surface area contributed by atoms with Crippen molar-refractivity contribution in [1.82, 2.24) is 5.32 Å². The van der Waals surface area contributed by atoms with E-state index in [1.807, 2.05) is 0 Å². The molecule has 0 fully saturated rings. The first-order chi connectivity index (χ1) is 3.95. The molecule has 0 unspecified atom stereocenters. The molecule has 0 bridgehead atoms. The summed E-state index contributed by atoms with van der Waals surface area (Å²) in [5.74, 6) is -1.25. The van der Waals surface area contributed by atoms with E-state index in [4.69, 9.17) is 0 Å². The molecule has 0 rings (SSSR count). The Labute approximate surface area is 49.4 Å². The van der Waals surface area contributed by atoms with Gasteiger partial charge in [-0.3, -0.25) is 10.1 Å². The maximum absolute atomic E-state index is 11.1. The molecule has 0 saturated heterocycles. The molecule has 0 aliphatic carbocycles. The monoisotopic (exact) mass is 139 g/mol. The Kier molecular flexibility index (Phi) is 2.24. The van der Waals surface area contributed by atoms with Gasteiger partial charge < -0.3 is 0 Å². The van der Waals surface area contributed by atoms with Gasteiger partial charge in [0.25, 0.3) is 0 Å². The van der Waals surface area contributed by atoms with E-state index < -0.39 is 12.2 Å². The molecule has 0 saturated carbocycles. The second-order valence-corrected chi connectivity index (χ2v) is 1.19. The van der Waals surface area contributed by atoms with Crippen molar-refractivity contribution in [2.45, 2.75) is 6.30 Å². The number of halogens is 3. The molecule has 9 heavy (non-hydrogen) atoms. The number of hydrogen-bond acceptors (Lipinski definition) is 1. The minimum absolute atomic E-state index is 0.549. The highest BCUT2D eigenvalue weighted by molar-refractivity contribution is 5.87. The third-order valence-corrected chi connectivity index (χ3v) is 0.450. The summed E-state index contributed by atoms with van der Waals surface area (Å²) in [7, 11) is 0. The van der Waals surface area contributed by atoms with Gasteiger partial charge in [-0.25, -0.2) is 0 Å². The Bertz CT molecular complexity index is 128. The van der Waals surface area contributed by atoms with Crippen LogP contribution in [0.5, 0.6) is 0 Å². The maximum Gasteiger partial charge on any atom is 0.484 e. The molecule has 0 aromatic carbocycles. The predicted molar refractivity (Wildman–Crippen MR) is 24.4 cm³/mol. The van der Waals surface area contributed by atoms with Crippen molar-refractivity contribution in [2.75, 3.05) is 0 Å². The van der Waals surface area contributed by atoms with Gasteiger partial charge >= 0.3 is 6.30 Å². The lowest BCUT2D eigenvalue weighted by atomic mass is 10.6. The topological polar surface area (TPSA) is 29.1 Å². The molecule has 0 heterocycles. The summed E-state index contributed by atoms with van der Waals surface area (Å²) in [6, 6.07) is 0. The average molecular weight is 139 g/mol. The van der Waals surface area contributed by atoms with Crippen molar-refractivity contribution >= 4 is 5.91 Å². The van der Waals surface area contributed by atoms with E-state index in [2.05, 4.69) is 6.58 Å². The van der Waals surface area contributed by atoms with Gasteiger partial charge in [0.2, 0.25) is 5.91 Å². The van der Waals surface area contributed by atoms with Gasteiger partial charge in [-0.15, -0.1) is 0 Å². The van der Waals surface area contributed by atoms with Gasteiger partial charge in [0.05, 0.1) is 0 Å². The predicted octanol–water partition coefficient (Wildman–Crippen LogP) is 0.808. The molecule has 5 heteroatoms. The number of carbonyl (C=O) groups excluding carboxylic acids is 1. The maximum atomic E-state index is 11.1. The number of alkyl halides is 3. The highest BCUT2D eigenvalue weighted by Gasteiger charge is 2.28.